The highest BCUT2D eigenvalue weighted by atomic mass is 35.5. The van der Waals surface area contributed by atoms with Crippen molar-refractivity contribution in [2.24, 2.45) is 0 Å². The third-order valence-corrected chi connectivity index (χ3v) is 4.12. The molecular formula is C16H22ClN3O2. The van der Waals surface area contributed by atoms with E-state index in [0.29, 0.717) is 16.3 Å². The maximum atomic E-state index is 12.0. The maximum absolute atomic E-state index is 12.0. The molecule has 6 heteroatoms. The molecule has 1 aliphatic rings. The number of amides is 3. The van der Waals surface area contributed by atoms with Crippen LogP contribution in [0.25, 0.3) is 0 Å². The fourth-order valence-corrected chi connectivity index (χ4v) is 2.87. The molecule has 0 aromatic heterocycles. The molecule has 5 nitrogen and oxygen atoms in total. The van der Waals surface area contributed by atoms with E-state index in [1.807, 2.05) is 0 Å². The summed E-state index contributed by atoms with van der Waals surface area (Å²) in [4.78, 5) is 25.3. The van der Waals surface area contributed by atoms with Gasteiger partial charge in [0.2, 0.25) is 0 Å². The van der Waals surface area contributed by atoms with E-state index in [4.69, 9.17) is 11.6 Å². The quantitative estimate of drug-likeness (QED) is 0.894. The molecule has 0 radical (unpaired) electrons. The second kappa shape index (κ2) is 7.49. The molecule has 0 unspecified atom stereocenters. The van der Waals surface area contributed by atoms with Crippen molar-refractivity contribution in [3.8, 4) is 0 Å². The molecule has 3 amide bonds. The van der Waals surface area contributed by atoms with Gasteiger partial charge >= 0.3 is 6.03 Å². The number of hydrogen-bond acceptors (Lipinski definition) is 2. The van der Waals surface area contributed by atoms with Gasteiger partial charge in [-0.05, 0) is 31.0 Å². The van der Waals surface area contributed by atoms with Gasteiger partial charge < -0.3 is 15.5 Å². The second-order valence-electron chi connectivity index (χ2n) is 5.83. The van der Waals surface area contributed by atoms with Gasteiger partial charge in [-0.25, -0.2) is 4.79 Å². The van der Waals surface area contributed by atoms with Crippen LogP contribution < -0.4 is 10.6 Å². The minimum absolute atomic E-state index is 0.164. The minimum atomic E-state index is -0.227. The van der Waals surface area contributed by atoms with Gasteiger partial charge in [0.15, 0.2) is 0 Å². The maximum Gasteiger partial charge on any atom is 0.319 e. The summed E-state index contributed by atoms with van der Waals surface area (Å²) in [7, 11) is 3.34. The van der Waals surface area contributed by atoms with Crippen molar-refractivity contribution in [1.29, 1.82) is 0 Å². The summed E-state index contributed by atoms with van der Waals surface area (Å²) in [6.07, 6.45) is 5.64. The van der Waals surface area contributed by atoms with Crippen LogP contribution in [0.15, 0.2) is 18.2 Å². The lowest BCUT2D eigenvalue weighted by atomic mass is 9.96. The molecule has 2 N–H and O–H groups in total. The summed E-state index contributed by atoms with van der Waals surface area (Å²) in [5.41, 5.74) is 0.999. The van der Waals surface area contributed by atoms with Gasteiger partial charge in [0, 0.05) is 25.8 Å². The Balaban J connectivity index is 1.96. The predicted octanol–water partition coefficient (Wildman–Crippen LogP) is 3.50. The highest BCUT2D eigenvalue weighted by Crippen LogP contribution is 2.22. The van der Waals surface area contributed by atoms with Gasteiger partial charge in [0.25, 0.3) is 5.91 Å². The van der Waals surface area contributed by atoms with Crippen LogP contribution in [0.3, 0.4) is 0 Å². The van der Waals surface area contributed by atoms with Crippen molar-refractivity contribution in [2.45, 2.75) is 38.1 Å². The number of benzene rings is 1. The van der Waals surface area contributed by atoms with Gasteiger partial charge in [0.1, 0.15) is 0 Å². The number of anilines is 1. The van der Waals surface area contributed by atoms with Crippen LogP contribution in [0.5, 0.6) is 0 Å². The van der Waals surface area contributed by atoms with E-state index in [1.54, 1.807) is 32.3 Å². The first kappa shape index (κ1) is 16.6. The Labute approximate surface area is 136 Å². The number of nitrogens with zero attached hydrogens (tertiary/aromatic N) is 1. The van der Waals surface area contributed by atoms with E-state index in [1.165, 1.54) is 11.3 Å². The number of carbonyl (C=O) groups is 2. The molecule has 1 aromatic carbocycles. The SMILES string of the molecule is CN(C)C(=O)c1ccc(NC(=O)NC2CCCCC2)cc1Cl. The third kappa shape index (κ3) is 4.37. The summed E-state index contributed by atoms with van der Waals surface area (Å²) in [5.74, 6) is -0.164. The van der Waals surface area contributed by atoms with Gasteiger partial charge in [-0.3, -0.25) is 4.79 Å². The van der Waals surface area contributed by atoms with E-state index < -0.39 is 0 Å². The summed E-state index contributed by atoms with van der Waals surface area (Å²) < 4.78 is 0. The lowest BCUT2D eigenvalue weighted by Gasteiger charge is -2.23. The first-order chi connectivity index (χ1) is 10.5. The number of nitrogens with one attached hydrogen (secondary N) is 2. The average molecular weight is 324 g/mol. The molecule has 1 aliphatic carbocycles. The van der Waals surface area contributed by atoms with E-state index in [0.717, 1.165) is 25.7 Å². The number of hydrogen-bond donors (Lipinski definition) is 2. The first-order valence-corrected chi connectivity index (χ1v) is 7.94. The van der Waals surface area contributed by atoms with E-state index in [2.05, 4.69) is 10.6 Å². The fraction of sp³-hybridized carbons (Fsp3) is 0.500. The molecule has 1 saturated carbocycles. The Kier molecular flexibility index (Phi) is 5.66. The van der Waals surface area contributed by atoms with Crippen molar-refractivity contribution >= 4 is 29.2 Å². The lowest BCUT2D eigenvalue weighted by Crippen LogP contribution is -2.39. The molecule has 120 valence electrons. The van der Waals surface area contributed by atoms with Crippen LogP contribution in [0.2, 0.25) is 5.02 Å². The second-order valence-corrected chi connectivity index (χ2v) is 6.23. The van der Waals surface area contributed by atoms with Gasteiger partial charge in [-0.15, -0.1) is 0 Å². The largest absolute Gasteiger partial charge is 0.345 e. The summed E-state index contributed by atoms with van der Waals surface area (Å²) in [5, 5.41) is 6.07. The van der Waals surface area contributed by atoms with Crippen molar-refractivity contribution in [3.63, 3.8) is 0 Å². The molecule has 0 aliphatic heterocycles. The topological polar surface area (TPSA) is 61.4 Å². The normalized spacial score (nSPS) is 15.2. The van der Waals surface area contributed by atoms with Gasteiger partial charge in [0.05, 0.1) is 10.6 Å². The molecule has 0 heterocycles. The Morgan fingerprint density at radius 1 is 1.18 bits per heavy atom. The van der Waals surface area contributed by atoms with Crippen molar-refractivity contribution < 1.29 is 9.59 Å². The first-order valence-electron chi connectivity index (χ1n) is 7.56. The van der Waals surface area contributed by atoms with Crippen molar-refractivity contribution in [1.82, 2.24) is 10.2 Å². The van der Waals surface area contributed by atoms with Crippen molar-refractivity contribution in [2.75, 3.05) is 19.4 Å². The summed E-state index contributed by atoms with van der Waals surface area (Å²) in [6.45, 7) is 0. The van der Waals surface area contributed by atoms with Crippen LogP contribution >= 0.6 is 11.6 Å². The Hall–Kier alpha value is -1.75. The van der Waals surface area contributed by atoms with Crippen LogP contribution in [-0.2, 0) is 0 Å². The molecular weight excluding hydrogens is 302 g/mol. The number of urea groups is 1. The van der Waals surface area contributed by atoms with Crippen molar-refractivity contribution in [3.05, 3.63) is 28.8 Å². The number of halogens is 1. The molecule has 1 fully saturated rings. The standard InChI is InChI=1S/C16H22ClN3O2/c1-20(2)15(21)13-9-8-12(10-14(13)17)19-16(22)18-11-6-4-3-5-7-11/h8-11H,3-7H2,1-2H3,(H2,18,19,22). The van der Waals surface area contributed by atoms with Gasteiger partial charge in [-0.2, -0.15) is 0 Å². The molecule has 1 aromatic rings. The molecule has 0 spiro atoms. The Morgan fingerprint density at radius 2 is 1.86 bits per heavy atom. The number of carbonyl (C=O) groups excluding carboxylic acids is 2. The number of rotatable bonds is 3. The lowest BCUT2D eigenvalue weighted by molar-refractivity contribution is 0.0828. The average Bonchev–Trinajstić information content (AvgIpc) is 2.47. The van der Waals surface area contributed by atoms with Crippen LogP contribution in [-0.4, -0.2) is 37.0 Å². The summed E-state index contributed by atoms with van der Waals surface area (Å²) in [6, 6.07) is 4.93. The molecule has 2 rings (SSSR count). The Bertz CT molecular complexity index is 554. The predicted molar refractivity (Wildman–Crippen MR) is 88.5 cm³/mol. The summed E-state index contributed by atoms with van der Waals surface area (Å²) >= 11 is 6.12. The Morgan fingerprint density at radius 3 is 2.45 bits per heavy atom. The van der Waals surface area contributed by atoms with Crippen LogP contribution in [0.1, 0.15) is 42.5 Å². The fourth-order valence-electron chi connectivity index (χ4n) is 2.61. The molecule has 0 saturated heterocycles. The van der Waals surface area contributed by atoms with Gasteiger partial charge in [-0.1, -0.05) is 30.9 Å². The van der Waals surface area contributed by atoms with E-state index >= 15 is 0 Å². The van der Waals surface area contributed by atoms with Crippen LogP contribution in [0.4, 0.5) is 10.5 Å². The molecule has 0 bridgehead atoms. The third-order valence-electron chi connectivity index (χ3n) is 3.80. The molecule has 0 atom stereocenters. The highest BCUT2D eigenvalue weighted by Gasteiger charge is 2.16. The zero-order valence-electron chi connectivity index (χ0n) is 13.0. The zero-order valence-corrected chi connectivity index (χ0v) is 13.7. The minimum Gasteiger partial charge on any atom is -0.345 e. The smallest absolute Gasteiger partial charge is 0.319 e. The molecule has 22 heavy (non-hydrogen) atoms. The van der Waals surface area contributed by atoms with E-state index in [9.17, 15) is 9.59 Å². The van der Waals surface area contributed by atoms with E-state index in [-0.39, 0.29) is 18.0 Å². The zero-order chi connectivity index (χ0) is 16.1. The monoisotopic (exact) mass is 323 g/mol. The van der Waals surface area contributed by atoms with Crippen LogP contribution in [0, 0.1) is 0 Å². The highest BCUT2D eigenvalue weighted by molar-refractivity contribution is 6.34.